The minimum absolute atomic E-state index is 0.296. The largest absolute Gasteiger partial charge is 0.319 e. The topological polar surface area (TPSA) is 63.1 Å². The Balaban J connectivity index is 1.28. The van der Waals surface area contributed by atoms with E-state index in [1.807, 2.05) is 4.57 Å². The van der Waals surface area contributed by atoms with Gasteiger partial charge in [-0.25, -0.2) is 4.39 Å². The average Bonchev–Trinajstić information content (AvgIpc) is 3.28. The lowest BCUT2D eigenvalue weighted by Crippen LogP contribution is -2.31. The number of hydrogen-bond donors (Lipinski definition) is 1. The first-order valence-electron chi connectivity index (χ1n) is 10.3. The van der Waals surface area contributed by atoms with Crippen molar-refractivity contribution in [1.82, 2.24) is 19.7 Å². The summed E-state index contributed by atoms with van der Waals surface area (Å²) in [4.78, 5) is 15.2. The van der Waals surface area contributed by atoms with Crippen LogP contribution < -0.4 is 5.32 Å². The molecule has 2 aromatic carbocycles. The summed E-state index contributed by atoms with van der Waals surface area (Å²) in [6.45, 7) is 5.85. The molecule has 6 nitrogen and oxygen atoms in total. The molecule has 5 rings (SSSR count). The number of anilines is 1. The van der Waals surface area contributed by atoms with Gasteiger partial charge in [0.25, 0.3) is 5.91 Å². The second-order valence-electron chi connectivity index (χ2n) is 8.42. The van der Waals surface area contributed by atoms with Gasteiger partial charge in [-0.05, 0) is 42.5 Å². The van der Waals surface area contributed by atoms with E-state index in [1.165, 1.54) is 23.3 Å². The van der Waals surface area contributed by atoms with Crippen LogP contribution in [-0.2, 0) is 19.5 Å². The van der Waals surface area contributed by atoms with Gasteiger partial charge in [-0.15, -0.1) is 10.2 Å². The Kier molecular flexibility index (Phi) is 4.83. The first-order chi connectivity index (χ1) is 14.5. The van der Waals surface area contributed by atoms with Crippen molar-refractivity contribution in [2.24, 2.45) is 11.8 Å². The van der Waals surface area contributed by atoms with Gasteiger partial charge in [0, 0.05) is 38.3 Å². The highest BCUT2D eigenvalue weighted by Crippen LogP contribution is 2.33. The molecule has 2 aliphatic rings. The normalized spacial score (nSPS) is 20.6. The van der Waals surface area contributed by atoms with Gasteiger partial charge in [0.1, 0.15) is 11.6 Å². The van der Waals surface area contributed by atoms with Crippen LogP contribution in [0.1, 0.15) is 27.6 Å². The van der Waals surface area contributed by atoms with E-state index in [0.717, 1.165) is 38.4 Å². The number of amides is 1. The van der Waals surface area contributed by atoms with E-state index in [2.05, 4.69) is 51.6 Å². The van der Waals surface area contributed by atoms with Crippen molar-refractivity contribution in [1.29, 1.82) is 0 Å². The number of carbonyl (C=O) groups excluding carboxylic acids is 1. The van der Waals surface area contributed by atoms with Gasteiger partial charge >= 0.3 is 0 Å². The van der Waals surface area contributed by atoms with Gasteiger partial charge in [-0.1, -0.05) is 35.9 Å². The molecule has 3 aromatic rings. The average molecular weight is 405 g/mol. The van der Waals surface area contributed by atoms with Crippen molar-refractivity contribution in [2.45, 2.75) is 26.4 Å². The SMILES string of the molecule is Cc1cccc(CN2C[C@H]3Cc4nnc(C(=O)Nc5cccc(F)c5)n4C[C@H]3C2)c1. The molecule has 0 aliphatic carbocycles. The van der Waals surface area contributed by atoms with Crippen LogP contribution >= 0.6 is 0 Å². The third kappa shape index (κ3) is 3.73. The summed E-state index contributed by atoms with van der Waals surface area (Å²) >= 11 is 0. The quantitative estimate of drug-likeness (QED) is 0.724. The van der Waals surface area contributed by atoms with E-state index < -0.39 is 5.82 Å². The van der Waals surface area contributed by atoms with Crippen molar-refractivity contribution in [3.8, 4) is 0 Å². The Hall–Kier alpha value is -3.06. The molecule has 2 atom stereocenters. The molecule has 1 aromatic heterocycles. The molecule has 1 fully saturated rings. The van der Waals surface area contributed by atoms with Crippen LogP contribution in [0.4, 0.5) is 10.1 Å². The van der Waals surface area contributed by atoms with Crippen LogP contribution in [0, 0.1) is 24.6 Å². The van der Waals surface area contributed by atoms with Crippen molar-refractivity contribution in [3.05, 3.63) is 77.1 Å². The molecule has 1 amide bonds. The summed E-state index contributed by atoms with van der Waals surface area (Å²) in [7, 11) is 0. The Morgan fingerprint density at radius 1 is 1.10 bits per heavy atom. The van der Waals surface area contributed by atoms with Crippen LogP contribution in [0.15, 0.2) is 48.5 Å². The van der Waals surface area contributed by atoms with Crippen LogP contribution in [0.2, 0.25) is 0 Å². The van der Waals surface area contributed by atoms with Crippen LogP contribution in [0.3, 0.4) is 0 Å². The number of hydrogen-bond acceptors (Lipinski definition) is 4. The molecule has 1 N–H and O–H groups in total. The number of aryl methyl sites for hydroxylation is 1. The van der Waals surface area contributed by atoms with Gasteiger partial charge in [-0.3, -0.25) is 9.69 Å². The number of rotatable bonds is 4. The van der Waals surface area contributed by atoms with Gasteiger partial charge in [0.2, 0.25) is 5.82 Å². The number of carbonyl (C=O) groups is 1. The highest BCUT2D eigenvalue weighted by atomic mass is 19.1. The summed E-state index contributed by atoms with van der Waals surface area (Å²) in [6.07, 6.45) is 0.829. The highest BCUT2D eigenvalue weighted by molar-refractivity contribution is 6.01. The summed E-state index contributed by atoms with van der Waals surface area (Å²) in [5.74, 6) is 1.42. The summed E-state index contributed by atoms with van der Waals surface area (Å²) in [6, 6.07) is 14.5. The smallest absolute Gasteiger partial charge is 0.293 e. The fourth-order valence-corrected chi connectivity index (χ4v) is 4.74. The van der Waals surface area contributed by atoms with Crippen LogP contribution in [0.25, 0.3) is 0 Å². The lowest BCUT2D eigenvalue weighted by atomic mass is 9.89. The maximum Gasteiger partial charge on any atom is 0.293 e. The summed E-state index contributed by atoms with van der Waals surface area (Å²) in [5, 5.41) is 11.1. The van der Waals surface area contributed by atoms with Crippen molar-refractivity contribution < 1.29 is 9.18 Å². The molecule has 0 saturated carbocycles. The number of fused-ring (bicyclic) bond motifs is 2. The van der Waals surface area contributed by atoms with E-state index in [-0.39, 0.29) is 5.91 Å². The van der Waals surface area contributed by atoms with Crippen LogP contribution in [-0.4, -0.2) is 38.7 Å². The predicted octanol–water partition coefficient (Wildman–Crippen LogP) is 3.28. The zero-order valence-corrected chi connectivity index (χ0v) is 16.9. The second-order valence-corrected chi connectivity index (χ2v) is 8.42. The van der Waals surface area contributed by atoms with Crippen molar-refractivity contribution >= 4 is 11.6 Å². The van der Waals surface area contributed by atoms with E-state index in [1.54, 1.807) is 12.1 Å². The Morgan fingerprint density at radius 2 is 1.93 bits per heavy atom. The number of nitrogens with zero attached hydrogens (tertiary/aromatic N) is 4. The first-order valence-corrected chi connectivity index (χ1v) is 10.3. The fraction of sp³-hybridized carbons (Fsp3) is 0.348. The summed E-state index contributed by atoms with van der Waals surface area (Å²) in [5.41, 5.74) is 3.03. The van der Waals surface area contributed by atoms with E-state index in [9.17, 15) is 9.18 Å². The van der Waals surface area contributed by atoms with Crippen molar-refractivity contribution in [3.63, 3.8) is 0 Å². The molecule has 154 valence electrons. The zero-order valence-electron chi connectivity index (χ0n) is 16.9. The molecule has 0 bridgehead atoms. The number of aromatic nitrogens is 3. The van der Waals surface area contributed by atoms with E-state index >= 15 is 0 Å². The van der Waals surface area contributed by atoms with E-state index in [4.69, 9.17) is 0 Å². The van der Waals surface area contributed by atoms with Crippen LogP contribution in [0.5, 0.6) is 0 Å². The molecule has 3 heterocycles. The van der Waals surface area contributed by atoms with Gasteiger partial charge in [0.05, 0.1) is 0 Å². The Morgan fingerprint density at radius 3 is 2.77 bits per heavy atom. The van der Waals surface area contributed by atoms with Gasteiger partial charge < -0.3 is 9.88 Å². The number of likely N-dealkylation sites (tertiary alicyclic amines) is 1. The molecule has 0 spiro atoms. The molecule has 30 heavy (non-hydrogen) atoms. The molecular formula is C23H24FN5O. The van der Waals surface area contributed by atoms with Crippen molar-refractivity contribution in [2.75, 3.05) is 18.4 Å². The molecule has 7 heteroatoms. The lowest BCUT2D eigenvalue weighted by Gasteiger charge is -2.25. The van der Waals surface area contributed by atoms with E-state index in [0.29, 0.717) is 23.3 Å². The van der Waals surface area contributed by atoms with Gasteiger partial charge in [0.15, 0.2) is 0 Å². The van der Waals surface area contributed by atoms with Gasteiger partial charge in [-0.2, -0.15) is 0 Å². The maximum absolute atomic E-state index is 13.4. The number of halogens is 1. The maximum atomic E-state index is 13.4. The fourth-order valence-electron chi connectivity index (χ4n) is 4.74. The zero-order chi connectivity index (χ0) is 20.7. The minimum atomic E-state index is -0.390. The Bertz CT molecular complexity index is 1090. The summed E-state index contributed by atoms with van der Waals surface area (Å²) < 4.78 is 15.3. The number of nitrogens with one attached hydrogen (secondary N) is 1. The monoisotopic (exact) mass is 405 g/mol. The molecule has 1 saturated heterocycles. The third-order valence-corrected chi connectivity index (χ3v) is 6.12. The standard InChI is InChI=1S/C23H24FN5O/c1-15-4-2-5-16(8-15)11-28-12-17-9-21-26-27-22(29(21)14-18(17)13-28)23(30)25-20-7-3-6-19(24)10-20/h2-8,10,17-18H,9,11-14H2,1H3,(H,25,30)/t17-,18-/m1/s1. The second kappa shape index (κ2) is 7.65. The first kappa shape index (κ1) is 18.9. The highest BCUT2D eigenvalue weighted by Gasteiger charge is 2.39. The molecule has 2 aliphatic heterocycles. The Labute approximate surface area is 174 Å². The molecule has 0 radical (unpaired) electrons. The molecular weight excluding hydrogens is 381 g/mol. The number of benzene rings is 2. The molecule has 0 unspecified atom stereocenters. The predicted molar refractivity (Wildman–Crippen MR) is 112 cm³/mol. The third-order valence-electron chi connectivity index (χ3n) is 6.12. The lowest BCUT2D eigenvalue weighted by molar-refractivity contribution is 0.100. The minimum Gasteiger partial charge on any atom is -0.319 e.